The van der Waals surface area contributed by atoms with Crippen molar-refractivity contribution >= 4 is 29.9 Å². The van der Waals surface area contributed by atoms with Crippen LogP contribution in [-0.2, 0) is 6.54 Å². The molecular formula is C16H24IN5O2. The first-order valence-electron chi connectivity index (χ1n) is 7.54. The summed E-state index contributed by atoms with van der Waals surface area (Å²) in [7, 11) is 1.71. The molecular weight excluding hydrogens is 421 g/mol. The minimum absolute atomic E-state index is 0. The van der Waals surface area contributed by atoms with E-state index in [9.17, 15) is 0 Å². The van der Waals surface area contributed by atoms with Crippen LogP contribution in [0.1, 0.15) is 24.2 Å². The number of halogens is 1. The molecule has 2 rings (SSSR count). The summed E-state index contributed by atoms with van der Waals surface area (Å²) in [5, 5.41) is 10.1. The summed E-state index contributed by atoms with van der Waals surface area (Å²) in [6.45, 7) is 6.87. The van der Waals surface area contributed by atoms with Crippen LogP contribution < -0.4 is 15.4 Å². The molecule has 0 saturated heterocycles. The van der Waals surface area contributed by atoms with Crippen LogP contribution in [0.25, 0.3) is 0 Å². The molecule has 1 heterocycles. The Morgan fingerprint density at radius 1 is 1.29 bits per heavy atom. The second-order valence-corrected chi connectivity index (χ2v) is 5.24. The second-order valence-electron chi connectivity index (χ2n) is 5.24. The number of hydrogen-bond donors (Lipinski definition) is 2. The third kappa shape index (κ3) is 6.34. The van der Waals surface area contributed by atoms with Gasteiger partial charge in [-0.2, -0.15) is 4.98 Å². The van der Waals surface area contributed by atoms with E-state index in [2.05, 4.69) is 25.8 Å². The van der Waals surface area contributed by atoms with Gasteiger partial charge in [0.25, 0.3) is 0 Å². The molecule has 0 amide bonds. The van der Waals surface area contributed by atoms with Crippen LogP contribution in [0.15, 0.2) is 33.8 Å². The lowest BCUT2D eigenvalue weighted by Crippen LogP contribution is -2.41. The smallest absolute Gasteiger partial charge is 0.246 e. The number of para-hydroxylation sites is 1. The number of aryl methyl sites for hydroxylation is 2. The van der Waals surface area contributed by atoms with E-state index in [1.54, 1.807) is 14.0 Å². The summed E-state index contributed by atoms with van der Waals surface area (Å²) in [4.78, 5) is 8.29. The fourth-order valence-electron chi connectivity index (χ4n) is 1.98. The molecule has 0 aliphatic carbocycles. The standard InChI is InChI=1S/C16H23N5O2.HI/c1-11-7-5-6-8-14(11)22-12(2)9-18-16(17-4)19-10-15-20-13(3)21-23-15;/h5-8,12H,9-10H2,1-4H3,(H2,17,18,19);1H. The molecule has 0 spiro atoms. The summed E-state index contributed by atoms with van der Waals surface area (Å²) in [6.07, 6.45) is 0.000277. The first-order valence-corrected chi connectivity index (χ1v) is 7.54. The van der Waals surface area contributed by atoms with Crippen molar-refractivity contribution in [2.24, 2.45) is 4.99 Å². The van der Waals surface area contributed by atoms with Gasteiger partial charge in [0.15, 0.2) is 11.8 Å². The van der Waals surface area contributed by atoms with Crippen molar-refractivity contribution < 1.29 is 9.26 Å². The van der Waals surface area contributed by atoms with Crippen LogP contribution in [0.3, 0.4) is 0 Å². The van der Waals surface area contributed by atoms with E-state index >= 15 is 0 Å². The maximum absolute atomic E-state index is 5.92. The zero-order chi connectivity index (χ0) is 16.7. The molecule has 1 atom stereocenters. The third-order valence-corrected chi connectivity index (χ3v) is 3.18. The number of nitrogens with one attached hydrogen (secondary N) is 2. The molecule has 0 aliphatic heterocycles. The first-order chi connectivity index (χ1) is 11.1. The van der Waals surface area contributed by atoms with E-state index in [1.165, 1.54) is 0 Å². The third-order valence-electron chi connectivity index (χ3n) is 3.18. The highest BCUT2D eigenvalue weighted by molar-refractivity contribution is 14.0. The lowest BCUT2D eigenvalue weighted by molar-refractivity contribution is 0.222. The van der Waals surface area contributed by atoms with Gasteiger partial charge in [0.1, 0.15) is 11.9 Å². The van der Waals surface area contributed by atoms with E-state index < -0.39 is 0 Å². The van der Waals surface area contributed by atoms with E-state index in [4.69, 9.17) is 9.26 Å². The van der Waals surface area contributed by atoms with Gasteiger partial charge in [-0.05, 0) is 32.4 Å². The Hall–Kier alpha value is -1.84. The molecule has 132 valence electrons. The van der Waals surface area contributed by atoms with Gasteiger partial charge < -0.3 is 19.9 Å². The number of guanidine groups is 1. The summed E-state index contributed by atoms with van der Waals surface area (Å²) in [6, 6.07) is 7.96. The van der Waals surface area contributed by atoms with Gasteiger partial charge in [-0.3, -0.25) is 4.99 Å². The number of benzene rings is 1. The Morgan fingerprint density at radius 2 is 2.04 bits per heavy atom. The van der Waals surface area contributed by atoms with Gasteiger partial charge in [-0.25, -0.2) is 0 Å². The highest BCUT2D eigenvalue weighted by Crippen LogP contribution is 2.17. The van der Waals surface area contributed by atoms with Gasteiger partial charge >= 0.3 is 0 Å². The van der Waals surface area contributed by atoms with Crippen molar-refractivity contribution in [1.82, 2.24) is 20.8 Å². The maximum Gasteiger partial charge on any atom is 0.246 e. The predicted octanol–water partition coefficient (Wildman–Crippen LogP) is 2.44. The lowest BCUT2D eigenvalue weighted by Gasteiger charge is -2.18. The normalized spacial score (nSPS) is 12.2. The monoisotopic (exact) mass is 445 g/mol. The molecule has 0 bridgehead atoms. The largest absolute Gasteiger partial charge is 0.489 e. The first kappa shape index (κ1) is 20.2. The Balaban J connectivity index is 0.00000288. The van der Waals surface area contributed by atoms with E-state index in [1.807, 2.05) is 38.1 Å². The number of hydrogen-bond acceptors (Lipinski definition) is 5. The zero-order valence-electron chi connectivity index (χ0n) is 14.4. The second kappa shape index (κ2) is 10.1. The molecule has 24 heavy (non-hydrogen) atoms. The molecule has 7 nitrogen and oxygen atoms in total. The van der Waals surface area contributed by atoms with Crippen molar-refractivity contribution in [2.45, 2.75) is 33.4 Å². The maximum atomic E-state index is 5.92. The van der Waals surface area contributed by atoms with Crippen molar-refractivity contribution in [3.63, 3.8) is 0 Å². The molecule has 0 saturated carbocycles. The van der Waals surface area contributed by atoms with Crippen LogP contribution in [0, 0.1) is 13.8 Å². The highest BCUT2D eigenvalue weighted by Gasteiger charge is 2.08. The summed E-state index contributed by atoms with van der Waals surface area (Å²) < 4.78 is 11.0. The van der Waals surface area contributed by atoms with Crippen molar-refractivity contribution in [2.75, 3.05) is 13.6 Å². The molecule has 2 N–H and O–H groups in total. The molecule has 1 aromatic heterocycles. The summed E-state index contributed by atoms with van der Waals surface area (Å²) >= 11 is 0. The number of aliphatic imine (C=N–C) groups is 1. The minimum Gasteiger partial charge on any atom is -0.489 e. The predicted molar refractivity (Wildman–Crippen MR) is 104 cm³/mol. The summed E-state index contributed by atoms with van der Waals surface area (Å²) in [5.41, 5.74) is 1.12. The van der Waals surface area contributed by atoms with Gasteiger partial charge in [0.05, 0.1) is 13.1 Å². The SMILES string of the molecule is CN=C(NCc1nc(C)no1)NCC(C)Oc1ccccc1C.I. The number of nitrogens with zero attached hydrogens (tertiary/aromatic N) is 3. The average molecular weight is 445 g/mol. The number of rotatable bonds is 6. The lowest BCUT2D eigenvalue weighted by atomic mass is 10.2. The Morgan fingerprint density at radius 3 is 2.67 bits per heavy atom. The Labute approximate surface area is 159 Å². The quantitative estimate of drug-likeness (QED) is 0.404. The van der Waals surface area contributed by atoms with E-state index in [0.29, 0.717) is 30.8 Å². The van der Waals surface area contributed by atoms with Gasteiger partial charge in [-0.1, -0.05) is 23.4 Å². The van der Waals surface area contributed by atoms with Gasteiger partial charge in [-0.15, -0.1) is 24.0 Å². The van der Waals surface area contributed by atoms with Crippen molar-refractivity contribution in [3.8, 4) is 5.75 Å². The van der Waals surface area contributed by atoms with E-state index in [-0.39, 0.29) is 30.1 Å². The number of ether oxygens (including phenoxy) is 1. The van der Waals surface area contributed by atoms with Gasteiger partial charge in [0, 0.05) is 7.05 Å². The van der Waals surface area contributed by atoms with Gasteiger partial charge in [0.2, 0.25) is 5.89 Å². The van der Waals surface area contributed by atoms with Crippen molar-refractivity contribution in [3.05, 3.63) is 41.5 Å². The van der Waals surface area contributed by atoms with E-state index in [0.717, 1.165) is 11.3 Å². The van der Waals surface area contributed by atoms with Crippen LogP contribution in [0.2, 0.25) is 0 Å². The number of aromatic nitrogens is 2. The summed E-state index contributed by atoms with van der Waals surface area (Å²) in [5.74, 6) is 2.69. The Bertz CT molecular complexity index is 659. The molecule has 0 fully saturated rings. The highest BCUT2D eigenvalue weighted by atomic mass is 127. The van der Waals surface area contributed by atoms with Crippen LogP contribution in [-0.4, -0.2) is 35.8 Å². The van der Waals surface area contributed by atoms with Crippen molar-refractivity contribution in [1.29, 1.82) is 0 Å². The fourth-order valence-corrected chi connectivity index (χ4v) is 1.98. The average Bonchev–Trinajstić information content (AvgIpc) is 2.95. The molecule has 8 heteroatoms. The molecule has 0 radical (unpaired) electrons. The van der Waals surface area contributed by atoms with Crippen LogP contribution >= 0.6 is 24.0 Å². The molecule has 1 unspecified atom stereocenters. The van der Waals surface area contributed by atoms with Crippen LogP contribution in [0.5, 0.6) is 5.75 Å². The topological polar surface area (TPSA) is 84.6 Å². The minimum atomic E-state index is 0. The molecule has 2 aromatic rings. The molecule has 0 aliphatic rings. The Kier molecular flexibility index (Phi) is 8.51. The molecule has 1 aromatic carbocycles. The zero-order valence-corrected chi connectivity index (χ0v) is 16.7. The fraction of sp³-hybridized carbons (Fsp3) is 0.438. The van der Waals surface area contributed by atoms with Crippen LogP contribution in [0.4, 0.5) is 0 Å².